The highest BCUT2D eigenvalue weighted by Crippen LogP contribution is 2.21. The zero-order valence-corrected chi connectivity index (χ0v) is 13.0. The van der Waals surface area contributed by atoms with Crippen molar-refractivity contribution in [2.75, 3.05) is 6.61 Å². The molecule has 0 spiro atoms. The summed E-state index contributed by atoms with van der Waals surface area (Å²) in [7, 11) is 0. The molecule has 1 heterocycles. The summed E-state index contributed by atoms with van der Waals surface area (Å²) in [5, 5.41) is 13.9. The molecule has 0 aromatic carbocycles. The number of thiophene rings is 1. The minimum atomic E-state index is -0.341. The van der Waals surface area contributed by atoms with E-state index in [2.05, 4.69) is 21.2 Å². The highest BCUT2D eigenvalue weighted by molar-refractivity contribution is 9.10. The Kier molecular flexibility index (Phi) is 6.05. The van der Waals surface area contributed by atoms with Crippen LogP contribution < -0.4 is 5.32 Å². The number of carbonyl (C=O) groups excluding carboxylic acids is 1. The van der Waals surface area contributed by atoms with Crippen molar-refractivity contribution < 1.29 is 9.90 Å². The number of aliphatic hydroxyl groups is 1. The van der Waals surface area contributed by atoms with Gasteiger partial charge in [-0.1, -0.05) is 6.92 Å². The summed E-state index contributed by atoms with van der Waals surface area (Å²) < 4.78 is 1.02. The second-order valence-corrected chi connectivity index (χ2v) is 6.24. The predicted octanol–water partition coefficient (Wildman–Crippen LogP) is 3.19. The molecule has 3 nitrogen and oxygen atoms in total. The van der Waals surface area contributed by atoms with E-state index in [0.717, 1.165) is 15.8 Å². The van der Waals surface area contributed by atoms with Crippen LogP contribution in [0.5, 0.6) is 0 Å². The van der Waals surface area contributed by atoms with Gasteiger partial charge in [-0.15, -0.1) is 11.3 Å². The van der Waals surface area contributed by atoms with E-state index in [1.807, 2.05) is 25.3 Å². The maximum Gasteiger partial charge on any atom is 0.244 e. The quantitative estimate of drug-likeness (QED) is 0.786. The lowest BCUT2D eigenvalue weighted by Crippen LogP contribution is -2.45. The van der Waals surface area contributed by atoms with Crippen LogP contribution in [0, 0.1) is 0 Å². The Morgan fingerprint density at radius 2 is 2.39 bits per heavy atom. The van der Waals surface area contributed by atoms with Crippen LogP contribution in [0.1, 0.15) is 31.6 Å². The SMILES string of the molecule is CCC(C)(CCO)NC(=O)/C=C/c1cc(Br)cs1. The van der Waals surface area contributed by atoms with Crippen LogP contribution in [-0.2, 0) is 4.79 Å². The smallest absolute Gasteiger partial charge is 0.244 e. The molecule has 5 heteroatoms. The lowest BCUT2D eigenvalue weighted by atomic mass is 9.95. The van der Waals surface area contributed by atoms with Crippen LogP contribution in [0.25, 0.3) is 6.08 Å². The second kappa shape index (κ2) is 7.07. The van der Waals surface area contributed by atoms with Crippen LogP contribution in [0.15, 0.2) is 22.0 Å². The summed E-state index contributed by atoms with van der Waals surface area (Å²) in [5.74, 6) is -0.127. The molecule has 0 aliphatic carbocycles. The second-order valence-electron chi connectivity index (χ2n) is 4.38. The molecule has 100 valence electrons. The van der Waals surface area contributed by atoms with Crippen molar-refractivity contribution in [3.8, 4) is 0 Å². The summed E-state index contributed by atoms with van der Waals surface area (Å²) in [6.07, 6.45) is 4.68. The van der Waals surface area contributed by atoms with Crippen molar-refractivity contribution in [2.24, 2.45) is 0 Å². The lowest BCUT2D eigenvalue weighted by Gasteiger charge is -2.28. The molecular weight excluding hydrogens is 314 g/mol. The Bertz CT molecular complexity index is 430. The van der Waals surface area contributed by atoms with Crippen molar-refractivity contribution in [1.29, 1.82) is 0 Å². The maximum absolute atomic E-state index is 11.8. The Hall–Kier alpha value is -0.650. The summed E-state index contributed by atoms with van der Waals surface area (Å²) in [6, 6.07) is 1.96. The molecule has 0 saturated carbocycles. The molecule has 1 rings (SSSR count). The first-order valence-corrected chi connectivity index (χ1v) is 7.51. The summed E-state index contributed by atoms with van der Waals surface area (Å²) in [6.45, 7) is 4.01. The van der Waals surface area contributed by atoms with Crippen LogP contribution in [-0.4, -0.2) is 23.2 Å². The first-order chi connectivity index (χ1) is 8.49. The fourth-order valence-electron chi connectivity index (χ4n) is 1.49. The Morgan fingerprint density at radius 1 is 1.67 bits per heavy atom. The normalized spacial score (nSPS) is 14.7. The number of carbonyl (C=O) groups is 1. The van der Waals surface area contributed by atoms with Gasteiger partial charge in [-0.2, -0.15) is 0 Å². The molecule has 1 aromatic rings. The van der Waals surface area contributed by atoms with Crippen LogP contribution >= 0.6 is 27.3 Å². The molecule has 1 amide bonds. The fraction of sp³-hybridized carbons (Fsp3) is 0.462. The number of hydrogen-bond donors (Lipinski definition) is 2. The van der Waals surface area contributed by atoms with E-state index in [9.17, 15) is 4.79 Å². The zero-order valence-electron chi connectivity index (χ0n) is 10.6. The summed E-state index contributed by atoms with van der Waals surface area (Å²) in [4.78, 5) is 12.8. The number of aliphatic hydroxyl groups excluding tert-OH is 1. The average molecular weight is 332 g/mol. The largest absolute Gasteiger partial charge is 0.396 e. The molecule has 1 unspecified atom stereocenters. The molecule has 1 atom stereocenters. The van der Waals surface area contributed by atoms with E-state index in [4.69, 9.17) is 5.11 Å². The van der Waals surface area contributed by atoms with Crippen LogP contribution in [0.4, 0.5) is 0 Å². The molecule has 0 aliphatic heterocycles. The molecule has 0 radical (unpaired) electrons. The minimum Gasteiger partial charge on any atom is -0.396 e. The predicted molar refractivity (Wildman–Crippen MR) is 79.6 cm³/mol. The third-order valence-electron chi connectivity index (χ3n) is 2.86. The summed E-state index contributed by atoms with van der Waals surface area (Å²) in [5.41, 5.74) is -0.341. The average Bonchev–Trinajstić information content (AvgIpc) is 2.73. The van der Waals surface area contributed by atoms with Gasteiger partial charge in [0.15, 0.2) is 0 Å². The maximum atomic E-state index is 11.8. The monoisotopic (exact) mass is 331 g/mol. The molecule has 0 saturated heterocycles. The molecule has 0 fully saturated rings. The third kappa shape index (κ3) is 4.92. The van der Waals surface area contributed by atoms with Gasteiger partial charge in [-0.05, 0) is 47.8 Å². The molecule has 1 aromatic heterocycles. The van der Waals surface area contributed by atoms with Crippen molar-refractivity contribution in [3.05, 3.63) is 26.9 Å². The van der Waals surface area contributed by atoms with Gasteiger partial charge in [0.25, 0.3) is 0 Å². The fourth-order valence-corrected chi connectivity index (χ4v) is 2.82. The van der Waals surface area contributed by atoms with Gasteiger partial charge in [0.05, 0.1) is 0 Å². The number of hydrogen-bond acceptors (Lipinski definition) is 3. The Balaban J connectivity index is 2.58. The van der Waals surface area contributed by atoms with Crippen molar-refractivity contribution in [1.82, 2.24) is 5.32 Å². The van der Waals surface area contributed by atoms with Crippen molar-refractivity contribution >= 4 is 39.2 Å². The number of halogens is 1. The first-order valence-electron chi connectivity index (χ1n) is 5.84. The van der Waals surface area contributed by atoms with Gasteiger partial charge in [0.2, 0.25) is 5.91 Å². The number of nitrogens with one attached hydrogen (secondary N) is 1. The van der Waals surface area contributed by atoms with E-state index in [0.29, 0.717) is 6.42 Å². The van der Waals surface area contributed by atoms with Crippen molar-refractivity contribution in [3.63, 3.8) is 0 Å². The molecule has 0 bridgehead atoms. The van der Waals surface area contributed by atoms with Crippen molar-refractivity contribution in [2.45, 2.75) is 32.2 Å². The summed E-state index contributed by atoms with van der Waals surface area (Å²) >= 11 is 4.94. The number of amides is 1. The van der Waals surface area contributed by atoms with Crippen LogP contribution in [0.3, 0.4) is 0 Å². The van der Waals surface area contributed by atoms with Gasteiger partial charge >= 0.3 is 0 Å². The molecule has 2 N–H and O–H groups in total. The molecule has 18 heavy (non-hydrogen) atoms. The third-order valence-corrected chi connectivity index (χ3v) is 4.51. The van der Waals surface area contributed by atoms with Gasteiger partial charge in [0.1, 0.15) is 0 Å². The van der Waals surface area contributed by atoms with E-state index in [-0.39, 0.29) is 18.1 Å². The van der Waals surface area contributed by atoms with Gasteiger partial charge in [-0.3, -0.25) is 4.79 Å². The van der Waals surface area contributed by atoms with E-state index < -0.39 is 0 Å². The Morgan fingerprint density at radius 3 is 2.89 bits per heavy atom. The van der Waals surface area contributed by atoms with E-state index >= 15 is 0 Å². The first kappa shape index (κ1) is 15.4. The van der Waals surface area contributed by atoms with E-state index in [1.165, 1.54) is 6.08 Å². The lowest BCUT2D eigenvalue weighted by molar-refractivity contribution is -0.118. The Labute approximate surface area is 120 Å². The van der Waals surface area contributed by atoms with Gasteiger partial charge < -0.3 is 10.4 Å². The number of rotatable bonds is 6. The minimum absolute atomic E-state index is 0.0756. The zero-order chi connectivity index (χ0) is 13.6. The molecular formula is C13H18BrNO2S. The topological polar surface area (TPSA) is 49.3 Å². The highest BCUT2D eigenvalue weighted by atomic mass is 79.9. The van der Waals surface area contributed by atoms with Gasteiger partial charge in [0, 0.05) is 33.0 Å². The standard InChI is InChI=1S/C13H18BrNO2S/c1-3-13(2,6-7-16)15-12(17)5-4-11-8-10(14)9-18-11/h4-5,8-9,16H,3,6-7H2,1-2H3,(H,15,17)/b5-4+. The highest BCUT2D eigenvalue weighted by Gasteiger charge is 2.22. The van der Waals surface area contributed by atoms with E-state index in [1.54, 1.807) is 17.4 Å². The molecule has 0 aliphatic rings. The van der Waals surface area contributed by atoms with Crippen LogP contribution in [0.2, 0.25) is 0 Å². The van der Waals surface area contributed by atoms with Gasteiger partial charge in [-0.25, -0.2) is 0 Å².